The summed E-state index contributed by atoms with van der Waals surface area (Å²) in [7, 11) is 1.79. The molecule has 0 bridgehead atoms. The van der Waals surface area contributed by atoms with Crippen LogP contribution in [0.25, 0.3) is 21.3 Å². The third kappa shape index (κ3) is 2.76. The number of fused-ring (bicyclic) bond motifs is 3. The van der Waals surface area contributed by atoms with E-state index in [1.54, 1.807) is 24.0 Å². The smallest absolute Gasteiger partial charge is 0.291 e. The summed E-state index contributed by atoms with van der Waals surface area (Å²) in [6.45, 7) is -0.0651. The van der Waals surface area contributed by atoms with E-state index < -0.39 is 0 Å². The van der Waals surface area contributed by atoms with Gasteiger partial charge in [0.25, 0.3) is 5.56 Å². The number of nitrogens with zero attached hydrogens (tertiary/aromatic N) is 6. The summed E-state index contributed by atoms with van der Waals surface area (Å²) >= 11 is 1.51. The zero-order chi connectivity index (χ0) is 19.8. The number of thiazole rings is 1. The Morgan fingerprint density at radius 1 is 1.54 bits per heavy atom. The average molecular weight is 393 g/mol. The first kappa shape index (κ1) is 17.6. The predicted octanol–water partition coefficient (Wildman–Crippen LogP) is 1.04. The van der Waals surface area contributed by atoms with Gasteiger partial charge >= 0.3 is 0 Å². The maximum absolute atomic E-state index is 12.9. The van der Waals surface area contributed by atoms with Gasteiger partial charge in [-0.2, -0.15) is 15.5 Å². The van der Waals surface area contributed by atoms with E-state index in [9.17, 15) is 4.79 Å². The molecule has 0 radical (unpaired) electrons. The first-order valence-electron chi connectivity index (χ1n) is 8.24. The number of nitrogens with one attached hydrogen (secondary N) is 2. The Morgan fingerprint density at radius 3 is 3.04 bits per heavy atom. The Kier molecular flexibility index (Phi) is 4.25. The van der Waals surface area contributed by atoms with Gasteiger partial charge in [0, 0.05) is 42.7 Å². The third-order valence-electron chi connectivity index (χ3n) is 4.40. The van der Waals surface area contributed by atoms with Crippen LogP contribution in [0.3, 0.4) is 0 Å². The van der Waals surface area contributed by atoms with Gasteiger partial charge in [0.15, 0.2) is 5.65 Å². The van der Waals surface area contributed by atoms with E-state index in [1.165, 1.54) is 16.0 Å². The molecule has 0 spiro atoms. The average Bonchev–Trinajstić information content (AvgIpc) is 3.38. The molecule has 140 valence electrons. The monoisotopic (exact) mass is 393 g/mol. The first-order chi connectivity index (χ1) is 13.5. The fourth-order valence-corrected chi connectivity index (χ4v) is 4.14. The number of hydrogen-bond acceptors (Lipinski definition) is 8. The summed E-state index contributed by atoms with van der Waals surface area (Å²) in [5.41, 5.74) is 7.78. The van der Waals surface area contributed by atoms with Crippen molar-refractivity contribution >= 4 is 38.8 Å². The second-order valence-corrected chi connectivity index (χ2v) is 7.23. The maximum Gasteiger partial charge on any atom is 0.291 e. The van der Waals surface area contributed by atoms with Crippen molar-refractivity contribution in [3.8, 4) is 6.07 Å². The Labute approximate surface area is 162 Å². The normalized spacial score (nSPS) is 12.3. The van der Waals surface area contributed by atoms with Gasteiger partial charge in [0.05, 0.1) is 23.0 Å². The standard InChI is InChI=1S/C17H15N9OS/c1-25-14-11(7-22-26(17(14)27)8-12(20)9(5-18)6-19)15-16(25)23-13(28-15)4-10-2-3-21-24-10/h2-3,5,7,18H,4,8,20H2,1H3,(H,21,24). The lowest BCUT2D eigenvalue weighted by atomic mass is 10.2. The van der Waals surface area contributed by atoms with E-state index in [4.69, 9.17) is 16.4 Å². The van der Waals surface area contributed by atoms with Crippen molar-refractivity contribution in [2.75, 3.05) is 0 Å². The molecule has 0 saturated heterocycles. The summed E-state index contributed by atoms with van der Waals surface area (Å²) in [4.78, 5) is 17.6. The predicted molar refractivity (Wildman–Crippen MR) is 105 cm³/mol. The van der Waals surface area contributed by atoms with Crippen LogP contribution in [0.5, 0.6) is 0 Å². The van der Waals surface area contributed by atoms with E-state index in [0.29, 0.717) is 17.6 Å². The highest BCUT2D eigenvalue weighted by Gasteiger charge is 2.18. The molecule has 0 aliphatic rings. The number of nitrogens with two attached hydrogens (primary N) is 1. The molecule has 4 rings (SSSR count). The molecule has 11 heteroatoms. The molecule has 0 aliphatic heterocycles. The van der Waals surface area contributed by atoms with Gasteiger partial charge in [-0.3, -0.25) is 9.89 Å². The number of aromatic amines is 1. The highest BCUT2D eigenvalue weighted by molar-refractivity contribution is 7.19. The summed E-state index contributed by atoms with van der Waals surface area (Å²) < 4.78 is 3.83. The Hall–Kier alpha value is -3.78. The van der Waals surface area contributed by atoms with Crippen molar-refractivity contribution in [1.82, 2.24) is 29.5 Å². The van der Waals surface area contributed by atoms with Crippen molar-refractivity contribution in [2.45, 2.75) is 13.0 Å². The number of nitriles is 1. The zero-order valence-electron chi connectivity index (χ0n) is 14.8. The lowest BCUT2D eigenvalue weighted by Gasteiger charge is -2.06. The Morgan fingerprint density at radius 2 is 2.36 bits per heavy atom. The van der Waals surface area contributed by atoms with Crippen LogP contribution >= 0.6 is 11.3 Å². The number of hydrogen-bond donors (Lipinski definition) is 3. The van der Waals surface area contributed by atoms with Gasteiger partial charge in [-0.15, -0.1) is 11.3 Å². The minimum Gasteiger partial charge on any atom is -0.399 e. The summed E-state index contributed by atoms with van der Waals surface area (Å²) in [5, 5.41) is 28.9. The van der Waals surface area contributed by atoms with Crippen LogP contribution in [-0.2, 0) is 20.0 Å². The SMILES string of the molecule is Cn1c2nc(Cc3ccn[nH]3)sc2c2cnn(CC(N)=C(C#N)C=N)c(=O)c21. The van der Waals surface area contributed by atoms with Crippen LogP contribution in [0.1, 0.15) is 10.7 Å². The van der Waals surface area contributed by atoms with Gasteiger partial charge in [-0.25, -0.2) is 9.67 Å². The first-order valence-corrected chi connectivity index (χ1v) is 9.06. The fraction of sp³-hybridized carbons (Fsp3) is 0.176. The zero-order valence-corrected chi connectivity index (χ0v) is 15.6. The lowest BCUT2D eigenvalue weighted by Crippen LogP contribution is -2.27. The van der Waals surface area contributed by atoms with Crippen molar-refractivity contribution in [3.05, 3.63) is 50.8 Å². The Balaban J connectivity index is 1.80. The molecule has 4 N–H and O–H groups in total. The van der Waals surface area contributed by atoms with Crippen molar-refractivity contribution < 1.29 is 0 Å². The van der Waals surface area contributed by atoms with E-state index >= 15 is 0 Å². The van der Waals surface area contributed by atoms with Crippen molar-refractivity contribution in [2.24, 2.45) is 12.8 Å². The molecule has 0 amide bonds. The maximum atomic E-state index is 12.9. The molecular formula is C17H15N9OS. The highest BCUT2D eigenvalue weighted by atomic mass is 32.1. The van der Waals surface area contributed by atoms with Crippen LogP contribution < -0.4 is 11.3 Å². The van der Waals surface area contributed by atoms with Gasteiger partial charge in [0.1, 0.15) is 16.6 Å². The molecule has 0 aromatic carbocycles. The van der Waals surface area contributed by atoms with Gasteiger partial charge in [-0.05, 0) is 6.07 Å². The van der Waals surface area contributed by atoms with Crippen LogP contribution in [0.2, 0.25) is 0 Å². The molecule has 0 atom stereocenters. The molecule has 4 heterocycles. The molecule has 28 heavy (non-hydrogen) atoms. The largest absolute Gasteiger partial charge is 0.399 e. The molecule has 0 saturated carbocycles. The molecule has 0 aliphatic carbocycles. The molecule has 0 fully saturated rings. The third-order valence-corrected chi connectivity index (χ3v) is 5.48. The quantitative estimate of drug-likeness (QED) is 0.340. The van der Waals surface area contributed by atoms with E-state index in [-0.39, 0.29) is 23.4 Å². The van der Waals surface area contributed by atoms with Gasteiger partial charge < -0.3 is 15.7 Å². The second-order valence-electron chi connectivity index (χ2n) is 6.14. The summed E-state index contributed by atoms with van der Waals surface area (Å²) in [6, 6.07) is 3.72. The number of aromatic nitrogens is 6. The molecule has 4 aromatic rings. The molecule has 4 aromatic heterocycles. The summed E-state index contributed by atoms with van der Waals surface area (Å²) in [5.74, 6) is 0. The van der Waals surface area contributed by atoms with Gasteiger partial charge in [-0.1, -0.05) is 0 Å². The topological polar surface area (TPSA) is 155 Å². The van der Waals surface area contributed by atoms with Crippen LogP contribution in [0.4, 0.5) is 0 Å². The Bertz CT molecular complexity index is 1330. The lowest BCUT2D eigenvalue weighted by molar-refractivity contribution is 0.631. The van der Waals surface area contributed by atoms with Crippen molar-refractivity contribution in [3.63, 3.8) is 0 Å². The fourth-order valence-electron chi connectivity index (χ4n) is 3.01. The minimum atomic E-state index is -0.328. The van der Waals surface area contributed by atoms with Crippen LogP contribution in [-0.4, -0.2) is 35.7 Å². The number of H-pyrrole nitrogens is 1. The minimum absolute atomic E-state index is 0.00627. The van der Waals surface area contributed by atoms with Gasteiger partial charge in [0.2, 0.25) is 0 Å². The molecule has 0 unspecified atom stereocenters. The highest BCUT2D eigenvalue weighted by Crippen LogP contribution is 2.31. The van der Waals surface area contributed by atoms with Crippen LogP contribution in [0.15, 0.2) is 34.5 Å². The van der Waals surface area contributed by atoms with Crippen molar-refractivity contribution in [1.29, 1.82) is 10.7 Å². The summed E-state index contributed by atoms with van der Waals surface area (Å²) in [6.07, 6.45) is 4.80. The number of rotatable bonds is 5. The van der Waals surface area contributed by atoms with Crippen LogP contribution in [0, 0.1) is 16.7 Å². The molecular weight excluding hydrogens is 378 g/mol. The van der Waals surface area contributed by atoms with E-state index in [0.717, 1.165) is 27.0 Å². The van der Waals surface area contributed by atoms with E-state index in [2.05, 4.69) is 20.3 Å². The molecule has 10 nitrogen and oxygen atoms in total. The second kappa shape index (κ2) is 6.75. The number of allylic oxidation sites excluding steroid dienone is 2. The van der Waals surface area contributed by atoms with E-state index in [1.807, 2.05) is 12.1 Å². The number of aryl methyl sites for hydroxylation is 1.